The summed E-state index contributed by atoms with van der Waals surface area (Å²) in [6.07, 6.45) is 7.65. The molecule has 0 aliphatic heterocycles. The number of hydrogen-bond donors (Lipinski definition) is 0. The molecule has 1 aliphatic rings. The lowest BCUT2D eigenvalue weighted by atomic mass is 10.3. The predicted molar refractivity (Wildman–Crippen MR) is 38.8 cm³/mol. The summed E-state index contributed by atoms with van der Waals surface area (Å²) in [6, 6.07) is 0. The lowest BCUT2D eigenvalue weighted by Crippen LogP contribution is -1.51. The van der Waals surface area contributed by atoms with E-state index >= 15 is 0 Å². The van der Waals surface area contributed by atoms with Crippen LogP contribution in [-0.4, -0.2) is 11.0 Å². The van der Waals surface area contributed by atoms with Crippen LogP contribution in [0.3, 0.4) is 0 Å². The van der Waals surface area contributed by atoms with Crippen LogP contribution in [0.4, 0.5) is 0 Å². The van der Waals surface area contributed by atoms with Crippen LogP contribution in [-0.2, 0) is 0 Å². The molecule has 0 bridgehead atoms. The summed E-state index contributed by atoms with van der Waals surface area (Å²) in [5, 5.41) is 0. The molecule has 0 spiro atoms. The zero-order valence-electron chi connectivity index (χ0n) is 3.94. The van der Waals surface area contributed by atoms with E-state index in [0.29, 0.717) is 0 Å². The zero-order chi connectivity index (χ0) is 4.41. The van der Waals surface area contributed by atoms with Crippen molar-refractivity contribution >= 4 is 11.0 Å². The standard InChI is InChI=1S/C6H8.H4Si/c1-6-4-2-3-5-6;/h2,4-5H,3H2,1H3;1H4. The Morgan fingerprint density at radius 2 is 2.29 bits per heavy atom. The molecular formula is C6H12Si. The molecule has 0 fully saturated rings. The van der Waals surface area contributed by atoms with Crippen molar-refractivity contribution in [3.8, 4) is 0 Å². The molecular weight excluding hydrogens is 100 g/mol. The minimum atomic E-state index is 0. The topological polar surface area (TPSA) is 0 Å². The van der Waals surface area contributed by atoms with Crippen LogP contribution in [0.5, 0.6) is 0 Å². The van der Waals surface area contributed by atoms with Gasteiger partial charge in [0, 0.05) is 0 Å². The fourth-order valence-electron chi connectivity index (χ4n) is 0.576. The summed E-state index contributed by atoms with van der Waals surface area (Å²) in [5.74, 6) is 0. The van der Waals surface area contributed by atoms with Crippen LogP contribution in [0.25, 0.3) is 0 Å². The van der Waals surface area contributed by atoms with Crippen LogP contribution >= 0.6 is 0 Å². The second-order valence-corrected chi connectivity index (χ2v) is 1.59. The molecule has 0 aromatic heterocycles. The Bertz CT molecular complexity index is 98.0. The van der Waals surface area contributed by atoms with Gasteiger partial charge in [0.15, 0.2) is 0 Å². The summed E-state index contributed by atoms with van der Waals surface area (Å²) in [6.45, 7) is 2.11. The summed E-state index contributed by atoms with van der Waals surface area (Å²) >= 11 is 0. The molecule has 0 aromatic carbocycles. The Hall–Kier alpha value is -0.303. The third-order valence-corrected chi connectivity index (χ3v) is 0.957. The van der Waals surface area contributed by atoms with E-state index in [0.717, 1.165) is 6.42 Å². The normalized spacial score (nSPS) is 15.9. The Morgan fingerprint density at radius 3 is 2.43 bits per heavy atom. The second kappa shape index (κ2) is 2.80. The van der Waals surface area contributed by atoms with Gasteiger partial charge in [-0.1, -0.05) is 23.8 Å². The van der Waals surface area contributed by atoms with Gasteiger partial charge < -0.3 is 0 Å². The minimum absolute atomic E-state index is 0. The van der Waals surface area contributed by atoms with Crippen LogP contribution in [0, 0.1) is 0 Å². The highest BCUT2D eigenvalue weighted by atomic mass is 28.1. The fourth-order valence-corrected chi connectivity index (χ4v) is 0.576. The molecule has 0 heterocycles. The Kier molecular flexibility index (Phi) is 2.68. The van der Waals surface area contributed by atoms with Gasteiger partial charge in [-0.3, -0.25) is 0 Å². The maximum atomic E-state index is 2.21. The lowest BCUT2D eigenvalue weighted by Gasteiger charge is -1.72. The third-order valence-electron chi connectivity index (χ3n) is 0.957. The quantitative estimate of drug-likeness (QED) is 0.399. The number of allylic oxidation sites excluding steroid dienone is 4. The number of rotatable bonds is 0. The smallest absolute Gasteiger partial charge is 0.0149 e. The molecule has 1 heteroatoms. The van der Waals surface area contributed by atoms with Crippen molar-refractivity contribution < 1.29 is 0 Å². The molecule has 0 unspecified atom stereocenters. The first-order chi connectivity index (χ1) is 2.89. The molecule has 0 atom stereocenters. The van der Waals surface area contributed by atoms with Gasteiger partial charge in [-0.15, -0.1) is 0 Å². The molecule has 40 valence electrons. The van der Waals surface area contributed by atoms with Crippen LogP contribution < -0.4 is 0 Å². The van der Waals surface area contributed by atoms with E-state index in [9.17, 15) is 0 Å². The van der Waals surface area contributed by atoms with Gasteiger partial charge in [-0.25, -0.2) is 0 Å². The second-order valence-electron chi connectivity index (χ2n) is 1.59. The van der Waals surface area contributed by atoms with Crippen molar-refractivity contribution in [3.05, 3.63) is 23.8 Å². The van der Waals surface area contributed by atoms with E-state index in [1.54, 1.807) is 0 Å². The van der Waals surface area contributed by atoms with E-state index in [4.69, 9.17) is 0 Å². The van der Waals surface area contributed by atoms with Crippen molar-refractivity contribution in [2.75, 3.05) is 0 Å². The van der Waals surface area contributed by atoms with Crippen molar-refractivity contribution in [2.45, 2.75) is 13.3 Å². The molecule has 0 N–H and O–H groups in total. The molecule has 7 heavy (non-hydrogen) atoms. The van der Waals surface area contributed by atoms with Gasteiger partial charge in [0.1, 0.15) is 0 Å². The Labute approximate surface area is 49.0 Å². The highest BCUT2D eigenvalue weighted by molar-refractivity contribution is 5.75. The van der Waals surface area contributed by atoms with Gasteiger partial charge in [0.25, 0.3) is 0 Å². The van der Waals surface area contributed by atoms with Gasteiger partial charge >= 0.3 is 0 Å². The SMILES string of the molecule is CC1=CCC=C1.[SiH4]. The first-order valence-corrected chi connectivity index (χ1v) is 2.23. The molecule has 0 saturated carbocycles. The summed E-state index contributed by atoms with van der Waals surface area (Å²) in [5.41, 5.74) is 1.40. The average Bonchev–Trinajstić information content (AvgIpc) is 1.86. The number of hydrogen-bond acceptors (Lipinski definition) is 0. The van der Waals surface area contributed by atoms with Gasteiger partial charge in [0.2, 0.25) is 0 Å². The summed E-state index contributed by atoms with van der Waals surface area (Å²) in [7, 11) is 0. The minimum Gasteiger partial charge on any atom is -0.0805 e. The first kappa shape index (κ1) is 6.70. The summed E-state index contributed by atoms with van der Waals surface area (Å²) < 4.78 is 0. The van der Waals surface area contributed by atoms with E-state index in [-0.39, 0.29) is 11.0 Å². The fraction of sp³-hybridized carbons (Fsp3) is 0.333. The maximum absolute atomic E-state index is 2.21. The molecule has 0 radical (unpaired) electrons. The van der Waals surface area contributed by atoms with Gasteiger partial charge in [-0.05, 0) is 24.3 Å². The van der Waals surface area contributed by atoms with Crippen molar-refractivity contribution in [1.82, 2.24) is 0 Å². The Balaban J connectivity index is 0.000000360. The highest BCUT2D eigenvalue weighted by Crippen LogP contribution is 2.05. The zero-order valence-corrected chi connectivity index (χ0v) is 3.94. The van der Waals surface area contributed by atoms with Crippen LogP contribution in [0.15, 0.2) is 23.8 Å². The maximum Gasteiger partial charge on any atom is -0.0149 e. The van der Waals surface area contributed by atoms with E-state index in [1.807, 2.05) is 0 Å². The van der Waals surface area contributed by atoms with E-state index < -0.39 is 0 Å². The first-order valence-electron chi connectivity index (χ1n) is 2.23. The lowest BCUT2D eigenvalue weighted by molar-refractivity contribution is 1.42. The molecule has 0 saturated heterocycles. The average molecular weight is 112 g/mol. The van der Waals surface area contributed by atoms with Crippen molar-refractivity contribution in [3.63, 3.8) is 0 Å². The van der Waals surface area contributed by atoms with Crippen molar-refractivity contribution in [1.29, 1.82) is 0 Å². The Morgan fingerprint density at radius 1 is 1.57 bits per heavy atom. The van der Waals surface area contributed by atoms with Crippen LogP contribution in [0.2, 0.25) is 0 Å². The van der Waals surface area contributed by atoms with Crippen molar-refractivity contribution in [2.24, 2.45) is 0 Å². The van der Waals surface area contributed by atoms with Crippen LogP contribution in [0.1, 0.15) is 13.3 Å². The summed E-state index contributed by atoms with van der Waals surface area (Å²) in [4.78, 5) is 0. The molecule has 0 nitrogen and oxygen atoms in total. The monoisotopic (exact) mass is 112 g/mol. The molecule has 1 aliphatic carbocycles. The third kappa shape index (κ3) is 1.74. The van der Waals surface area contributed by atoms with E-state index in [2.05, 4.69) is 25.2 Å². The molecule has 0 amide bonds. The highest BCUT2D eigenvalue weighted by Gasteiger charge is 1.84. The van der Waals surface area contributed by atoms with Gasteiger partial charge in [-0.2, -0.15) is 0 Å². The van der Waals surface area contributed by atoms with Gasteiger partial charge in [0.05, 0.1) is 0 Å². The van der Waals surface area contributed by atoms with E-state index in [1.165, 1.54) is 5.57 Å². The predicted octanol–water partition coefficient (Wildman–Crippen LogP) is 0.441. The largest absolute Gasteiger partial charge is 0.0805 e. The molecule has 1 rings (SSSR count). The molecule has 0 aromatic rings.